The van der Waals surface area contributed by atoms with Crippen molar-refractivity contribution in [3.63, 3.8) is 0 Å². The summed E-state index contributed by atoms with van der Waals surface area (Å²) in [6.07, 6.45) is -0.321. The van der Waals surface area contributed by atoms with Crippen LogP contribution in [0, 0.1) is 5.92 Å². The van der Waals surface area contributed by atoms with Gasteiger partial charge in [0.2, 0.25) is 5.91 Å². The Hall–Kier alpha value is -1.49. The van der Waals surface area contributed by atoms with Gasteiger partial charge >= 0.3 is 0 Å². The zero-order valence-electron chi connectivity index (χ0n) is 11.4. The van der Waals surface area contributed by atoms with Gasteiger partial charge in [-0.1, -0.05) is 24.3 Å². The zero-order valence-corrected chi connectivity index (χ0v) is 11.4. The number of hydrogen-bond donors (Lipinski definition) is 1. The van der Waals surface area contributed by atoms with Crippen LogP contribution in [0.2, 0.25) is 0 Å². The molecular weight excluding hydrogens is 262 g/mol. The first-order valence-corrected chi connectivity index (χ1v) is 6.95. The second-order valence-electron chi connectivity index (χ2n) is 5.17. The number of carbonyl (C=O) groups is 1. The van der Waals surface area contributed by atoms with Crippen LogP contribution in [0.1, 0.15) is 17.5 Å². The van der Waals surface area contributed by atoms with E-state index in [0.29, 0.717) is 6.42 Å². The minimum absolute atomic E-state index is 0.190. The number of carbonyl (C=O) groups excluding carboxylic acids is 1. The van der Waals surface area contributed by atoms with E-state index in [0.717, 1.165) is 18.4 Å². The number of aryl methyl sites for hydroxylation is 1. The number of nitrogens with zero attached hydrogens (tertiary/aromatic N) is 1. The van der Waals surface area contributed by atoms with Crippen LogP contribution in [0.15, 0.2) is 24.3 Å². The maximum atomic E-state index is 12.5. The van der Waals surface area contributed by atoms with Crippen molar-refractivity contribution >= 4 is 5.91 Å². The SMILES string of the molecule is NCCN(CC(F)F)C(=O)C1CCc2ccccc2C1. The summed E-state index contributed by atoms with van der Waals surface area (Å²) in [6, 6.07) is 8.00. The average Bonchev–Trinajstić information content (AvgIpc) is 2.45. The first kappa shape index (κ1) is 14.9. The third kappa shape index (κ3) is 3.54. The van der Waals surface area contributed by atoms with Crippen LogP contribution < -0.4 is 5.73 Å². The Morgan fingerprint density at radius 1 is 1.35 bits per heavy atom. The molecule has 0 saturated carbocycles. The molecule has 1 aliphatic carbocycles. The topological polar surface area (TPSA) is 46.3 Å². The van der Waals surface area contributed by atoms with Crippen LogP contribution in [0.4, 0.5) is 8.78 Å². The summed E-state index contributed by atoms with van der Waals surface area (Å²) in [6.45, 7) is -0.114. The maximum absolute atomic E-state index is 12.5. The highest BCUT2D eigenvalue weighted by Crippen LogP contribution is 2.26. The molecule has 3 nitrogen and oxygen atoms in total. The summed E-state index contributed by atoms with van der Waals surface area (Å²) < 4.78 is 25.1. The third-order valence-electron chi connectivity index (χ3n) is 3.77. The molecule has 20 heavy (non-hydrogen) atoms. The van der Waals surface area contributed by atoms with E-state index in [4.69, 9.17) is 5.73 Å². The number of benzene rings is 1. The highest BCUT2D eigenvalue weighted by atomic mass is 19.3. The van der Waals surface area contributed by atoms with Crippen molar-refractivity contribution in [2.24, 2.45) is 11.7 Å². The molecule has 0 aliphatic heterocycles. The summed E-state index contributed by atoms with van der Waals surface area (Å²) in [5.41, 5.74) is 7.82. The van der Waals surface area contributed by atoms with E-state index in [2.05, 4.69) is 6.07 Å². The predicted molar refractivity (Wildman–Crippen MR) is 73.6 cm³/mol. The van der Waals surface area contributed by atoms with Gasteiger partial charge in [0.25, 0.3) is 6.43 Å². The van der Waals surface area contributed by atoms with Crippen LogP contribution in [-0.2, 0) is 17.6 Å². The molecule has 2 rings (SSSR count). The van der Waals surface area contributed by atoms with Gasteiger partial charge in [-0.05, 0) is 30.4 Å². The summed E-state index contributed by atoms with van der Waals surface area (Å²) in [5.74, 6) is -0.388. The lowest BCUT2D eigenvalue weighted by atomic mass is 9.83. The molecule has 5 heteroatoms. The third-order valence-corrected chi connectivity index (χ3v) is 3.77. The van der Waals surface area contributed by atoms with Crippen molar-refractivity contribution in [3.8, 4) is 0 Å². The minimum Gasteiger partial charge on any atom is -0.335 e. The smallest absolute Gasteiger partial charge is 0.255 e. The molecule has 1 aromatic rings. The first-order valence-electron chi connectivity index (χ1n) is 6.95. The molecule has 0 fully saturated rings. The molecule has 1 aliphatic rings. The molecule has 0 bridgehead atoms. The fourth-order valence-corrected chi connectivity index (χ4v) is 2.78. The molecule has 0 heterocycles. The molecule has 0 aromatic heterocycles. The molecule has 2 N–H and O–H groups in total. The molecular formula is C15H20F2N2O. The second-order valence-corrected chi connectivity index (χ2v) is 5.17. The summed E-state index contributed by atoms with van der Waals surface area (Å²) in [7, 11) is 0. The van der Waals surface area contributed by atoms with Crippen molar-refractivity contribution in [1.82, 2.24) is 4.90 Å². The van der Waals surface area contributed by atoms with Gasteiger partial charge in [0.15, 0.2) is 0 Å². The van der Waals surface area contributed by atoms with E-state index in [9.17, 15) is 13.6 Å². The van der Waals surface area contributed by atoms with Gasteiger partial charge in [0.05, 0.1) is 6.54 Å². The van der Waals surface area contributed by atoms with Gasteiger partial charge in [-0.15, -0.1) is 0 Å². The fourth-order valence-electron chi connectivity index (χ4n) is 2.78. The second kappa shape index (κ2) is 6.79. The zero-order chi connectivity index (χ0) is 14.5. The van der Waals surface area contributed by atoms with E-state index in [1.807, 2.05) is 18.2 Å². The molecule has 0 saturated heterocycles. The Bertz CT molecular complexity index is 465. The summed E-state index contributed by atoms with van der Waals surface area (Å²) >= 11 is 0. The molecule has 1 aromatic carbocycles. The van der Waals surface area contributed by atoms with Gasteiger partial charge in [-0.2, -0.15) is 0 Å². The predicted octanol–water partition coefficient (Wildman–Crippen LogP) is 1.84. The van der Waals surface area contributed by atoms with E-state index in [1.54, 1.807) is 0 Å². The summed E-state index contributed by atoms with van der Waals surface area (Å²) in [5, 5.41) is 0. The van der Waals surface area contributed by atoms with Gasteiger partial charge in [-0.25, -0.2) is 8.78 Å². The molecule has 110 valence electrons. The Morgan fingerprint density at radius 3 is 2.70 bits per heavy atom. The average molecular weight is 282 g/mol. The highest BCUT2D eigenvalue weighted by molar-refractivity contribution is 5.79. The molecule has 0 spiro atoms. The van der Waals surface area contributed by atoms with E-state index in [-0.39, 0.29) is 24.9 Å². The van der Waals surface area contributed by atoms with E-state index >= 15 is 0 Å². The lowest BCUT2D eigenvalue weighted by Gasteiger charge is -2.30. The van der Waals surface area contributed by atoms with Crippen LogP contribution in [-0.4, -0.2) is 36.9 Å². The van der Waals surface area contributed by atoms with Crippen LogP contribution in [0.3, 0.4) is 0 Å². The lowest BCUT2D eigenvalue weighted by molar-refractivity contribution is -0.137. The first-order chi connectivity index (χ1) is 9.61. The van der Waals surface area contributed by atoms with Crippen molar-refractivity contribution in [2.45, 2.75) is 25.7 Å². The van der Waals surface area contributed by atoms with Crippen LogP contribution in [0.5, 0.6) is 0 Å². The normalized spacial score (nSPS) is 17.9. The van der Waals surface area contributed by atoms with Gasteiger partial charge in [0, 0.05) is 19.0 Å². The number of nitrogens with two attached hydrogens (primary N) is 1. The largest absolute Gasteiger partial charge is 0.335 e. The van der Waals surface area contributed by atoms with Crippen LogP contribution >= 0.6 is 0 Å². The number of halogens is 2. The van der Waals surface area contributed by atoms with E-state index in [1.165, 1.54) is 10.5 Å². The Kier molecular flexibility index (Phi) is 5.06. The molecule has 0 radical (unpaired) electrons. The standard InChI is InChI=1S/C15H20F2N2O/c16-14(17)10-19(8-7-18)15(20)13-6-5-11-3-1-2-4-12(11)9-13/h1-4,13-14H,5-10,18H2. The molecule has 1 unspecified atom stereocenters. The lowest BCUT2D eigenvalue weighted by Crippen LogP contribution is -2.43. The van der Waals surface area contributed by atoms with Crippen molar-refractivity contribution in [1.29, 1.82) is 0 Å². The number of rotatable bonds is 5. The quantitative estimate of drug-likeness (QED) is 0.896. The number of hydrogen-bond acceptors (Lipinski definition) is 2. The monoisotopic (exact) mass is 282 g/mol. The number of amides is 1. The molecule has 1 atom stereocenters. The highest BCUT2D eigenvalue weighted by Gasteiger charge is 2.29. The number of alkyl halides is 2. The maximum Gasteiger partial charge on any atom is 0.255 e. The molecule has 1 amide bonds. The summed E-state index contributed by atoms with van der Waals surface area (Å²) in [4.78, 5) is 13.6. The fraction of sp³-hybridized carbons (Fsp3) is 0.533. The van der Waals surface area contributed by atoms with Gasteiger partial charge < -0.3 is 10.6 Å². The van der Waals surface area contributed by atoms with E-state index < -0.39 is 13.0 Å². The Morgan fingerprint density at radius 2 is 2.05 bits per heavy atom. The van der Waals surface area contributed by atoms with Crippen molar-refractivity contribution in [3.05, 3.63) is 35.4 Å². The van der Waals surface area contributed by atoms with Crippen LogP contribution in [0.25, 0.3) is 0 Å². The van der Waals surface area contributed by atoms with Gasteiger partial charge in [0.1, 0.15) is 0 Å². The van der Waals surface area contributed by atoms with Gasteiger partial charge in [-0.3, -0.25) is 4.79 Å². The Balaban J connectivity index is 2.05. The Labute approximate surface area is 117 Å². The van der Waals surface area contributed by atoms with Crippen molar-refractivity contribution in [2.75, 3.05) is 19.6 Å². The number of fused-ring (bicyclic) bond motifs is 1. The van der Waals surface area contributed by atoms with Crippen molar-refractivity contribution < 1.29 is 13.6 Å². The minimum atomic E-state index is -2.51.